The van der Waals surface area contributed by atoms with Gasteiger partial charge < -0.3 is 5.11 Å². The Kier molecular flexibility index (Phi) is 6.20. The molecule has 0 saturated heterocycles. The summed E-state index contributed by atoms with van der Waals surface area (Å²) in [5.41, 5.74) is 4.03. The van der Waals surface area contributed by atoms with E-state index >= 15 is 0 Å². The van der Waals surface area contributed by atoms with Gasteiger partial charge in [0, 0.05) is 31.3 Å². The fourth-order valence-corrected chi connectivity index (χ4v) is 5.66. The second-order valence-electron chi connectivity index (χ2n) is 8.17. The molecule has 2 aromatic heterocycles. The first-order chi connectivity index (χ1) is 17.7. The average Bonchev–Trinajstić information content (AvgIpc) is 3.36. The Bertz CT molecular complexity index is 1620. The molecule has 1 N–H and O–H groups in total. The highest BCUT2D eigenvalue weighted by Gasteiger charge is 2.15. The highest BCUT2D eigenvalue weighted by molar-refractivity contribution is 7.99. The van der Waals surface area contributed by atoms with Crippen LogP contribution in [-0.2, 0) is 0 Å². The lowest BCUT2D eigenvalue weighted by molar-refractivity contribution is 0.437. The Balaban J connectivity index is 1.25. The van der Waals surface area contributed by atoms with Gasteiger partial charge in [-0.2, -0.15) is 9.61 Å². The Morgan fingerprint density at radius 1 is 0.528 bits per heavy atom. The van der Waals surface area contributed by atoms with Gasteiger partial charge in [-0.05, 0) is 59.7 Å². The van der Waals surface area contributed by atoms with E-state index in [4.69, 9.17) is 0 Å². The topological polar surface area (TPSA) is 50.4 Å². The largest absolute Gasteiger partial charge is 0.493 e. The number of fused-ring (bicyclic) bond motifs is 1. The Labute approximate surface area is 217 Å². The van der Waals surface area contributed by atoms with Crippen molar-refractivity contribution in [2.24, 2.45) is 0 Å². The molecular formula is C30H21N3OS2. The lowest BCUT2D eigenvalue weighted by Gasteiger charge is -2.08. The van der Waals surface area contributed by atoms with Gasteiger partial charge in [0.2, 0.25) is 5.88 Å². The molecule has 0 spiro atoms. The monoisotopic (exact) mass is 503 g/mol. The molecule has 0 radical (unpaired) electrons. The predicted molar refractivity (Wildman–Crippen MR) is 147 cm³/mol. The second kappa shape index (κ2) is 9.93. The number of benzene rings is 4. The molecule has 0 aliphatic rings. The molecule has 0 atom stereocenters. The first kappa shape index (κ1) is 22.5. The average molecular weight is 504 g/mol. The van der Waals surface area contributed by atoms with E-state index in [0.717, 1.165) is 26.5 Å². The lowest BCUT2D eigenvalue weighted by atomic mass is 10.1. The lowest BCUT2D eigenvalue weighted by Crippen LogP contribution is -1.94. The van der Waals surface area contributed by atoms with Crippen LogP contribution in [0.5, 0.6) is 5.88 Å². The zero-order valence-corrected chi connectivity index (χ0v) is 20.8. The summed E-state index contributed by atoms with van der Waals surface area (Å²) < 4.78 is 1.50. The molecule has 0 amide bonds. The fraction of sp³-hybridized carbons (Fsp3) is 0. The van der Waals surface area contributed by atoms with E-state index in [-0.39, 0.29) is 5.88 Å². The molecule has 0 saturated carbocycles. The molecule has 36 heavy (non-hydrogen) atoms. The smallest absolute Gasteiger partial charge is 0.223 e. The summed E-state index contributed by atoms with van der Waals surface area (Å²) in [6.45, 7) is 0. The zero-order chi connectivity index (χ0) is 24.3. The predicted octanol–water partition coefficient (Wildman–Crippen LogP) is 8.07. The van der Waals surface area contributed by atoms with Gasteiger partial charge in [0.15, 0.2) is 5.65 Å². The zero-order valence-electron chi connectivity index (χ0n) is 19.2. The van der Waals surface area contributed by atoms with Crippen LogP contribution in [0.25, 0.3) is 27.9 Å². The first-order valence-electron chi connectivity index (χ1n) is 11.5. The van der Waals surface area contributed by atoms with Crippen molar-refractivity contribution in [2.45, 2.75) is 19.6 Å². The van der Waals surface area contributed by atoms with Crippen LogP contribution in [0.15, 0.2) is 141 Å². The molecule has 6 heteroatoms. The first-order valence-corrected chi connectivity index (χ1v) is 13.1. The number of nitrogens with zero attached hydrogens (tertiary/aromatic N) is 3. The van der Waals surface area contributed by atoms with Crippen LogP contribution in [-0.4, -0.2) is 19.7 Å². The SMILES string of the molecule is Oc1c(-c2ccc(Sc3ccccc3)cc2)cnc2c(-c3ccc(Sc4ccccc4)cc3)cnn12. The maximum absolute atomic E-state index is 11.0. The summed E-state index contributed by atoms with van der Waals surface area (Å²) in [5.74, 6) is 0.0750. The van der Waals surface area contributed by atoms with E-state index in [9.17, 15) is 5.11 Å². The Morgan fingerprint density at radius 2 is 1.00 bits per heavy atom. The molecule has 0 aliphatic carbocycles. The third-order valence-corrected chi connectivity index (χ3v) is 7.82. The van der Waals surface area contributed by atoms with Crippen LogP contribution in [0.2, 0.25) is 0 Å². The number of hydrogen-bond acceptors (Lipinski definition) is 5. The van der Waals surface area contributed by atoms with Gasteiger partial charge >= 0.3 is 0 Å². The minimum atomic E-state index is 0.0750. The van der Waals surface area contributed by atoms with Crippen molar-refractivity contribution in [1.29, 1.82) is 0 Å². The Hall–Kier alpha value is -4.00. The van der Waals surface area contributed by atoms with Gasteiger partial charge in [0.05, 0.1) is 11.8 Å². The molecule has 0 bridgehead atoms. The number of aromatic nitrogens is 3. The normalized spacial score (nSPS) is 11.1. The maximum Gasteiger partial charge on any atom is 0.223 e. The molecule has 2 heterocycles. The van der Waals surface area contributed by atoms with Gasteiger partial charge in [-0.25, -0.2) is 4.98 Å². The molecule has 6 rings (SSSR count). The summed E-state index contributed by atoms with van der Waals surface area (Å²) in [5, 5.41) is 15.5. The van der Waals surface area contributed by atoms with E-state index in [2.05, 4.69) is 70.7 Å². The summed E-state index contributed by atoms with van der Waals surface area (Å²) >= 11 is 3.43. The highest BCUT2D eigenvalue weighted by Crippen LogP contribution is 2.35. The Morgan fingerprint density at radius 3 is 1.53 bits per heavy atom. The van der Waals surface area contributed by atoms with Gasteiger partial charge in [-0.1, -0.05) is 84.2 Å². The molecule has 4 nitrogen and oxygen atoms in total. The van der Waals surface area contributed by atoms with Crippen molar-refractivity contribution in [3.63, 3.8) is 0 Å². The van der Waals surface area contributed by atoms with Crippen molar-refractivity contribution >= 4 is 29.2 Å². The molecule has 0 aliphatic heterocycles. The van der Waals surface area contributed by atoms with Crippen molar-refractivity contribution in [3.05, 3.63) is 122 Å². The van der Waals surface area contributed by atoms with E-state index in [1.807, 2.05) is 48.5 Å². The van der Waals surface area contributed by atoms with Crippen LogP contribution >= 0.6 is 23.5 Å². The quantitative estimate of drug-likeness (QED) is 0.249. The van der Waals surface area contributed by atoms with Gasteiger partial charge in [-0.15, -0.1) is 0 Å². The maximum atomic E-state index is 11.0. The van der Waals surface area contributed by atoms with Crippen molar-refractivity contribution in [3.8, 4) is 28.1 Å². The molecular weight excluding hydrogens is 482 g/mol. The van der Waals surface area contributed by atoms with Gasteiger partial charge in [0.25, 0.3) is 0 Å². The minimum Gasteiger partial charge on any atom is -0.493 e. The van der Waals surface area contributed by atoms with Crippen LogP contribution in [0.4, 0.5) is 0 Å². The fourth-order valence-electron chi connectivity index (χ4n) is 3.98. The van der Waals surface area contributed by atoms with Crippen LogP contribution in [0.3, 0.4) is 0 Å². The van der Waals surface area contributed by atoms with Crippen molar-refractivity contribution in [2.75, 3.05) is 0 Å². The van der Waals surface area contributed by atoms with E-state index in [0.29, 0.717) is 11.2 Å². The van der Waals surface area contributed by atoms with E-state index in [1.54, 1.807) is 35.9 Å². The number of rotatable bonds is 6. The third-order valence-electron chi connectivity index (χ3n) is 5.79. The standard InChI is InChI=1S/C30H21N3OS2/c34-30-28(22-13-17-26(18-14-22)36-24-9-5-2-6-10-24)19-31-29-27(20-32-33(29)30)21-11-15-25(16-12-21)35-23-7-3-1-4-8-23/h1-20,34H. The molecule has 0 fully saturated rings. The van der Waals surface area contributed by atoms with Gasteiger partial charge in [-0.3, -0.25) is 0 Å². The van der Waals surface area contributed by atoms with Crippen molar-refractivity contribution < 1.29 is 5.11 Å². The third kappa shape index (κ3) is 4.61. The minimum absolute atomic E-state index is 0.0750. The van der Waals surface area contributed by atoms with Crippen molar-refractivity contribution in [1.82, 2.24) is 14.6 Å². The molecule has 4 aromatic carbocycles. The number of aromatic hydroxyl groups is 1. The van der Waals surface area contributed by atoms with Crippen LogP contribution in [0, 0.1) is 0 Å². The summed E-state index contributed by atoms with van der Waals surface area (Å²) in [6.07, 6.45) is 3.47. The summed E-state index contributed by atoms with van der Waals surface area (Å²) in [7, 11) is 0. The van der Waals surface area contributed by atoms with E-state index in [1.165, 1.54) is 14.3 Å². The van der Waals surface area contributed by atoms with Crippen LogP contribution in [0.1, 0.15) is 0 Å². The summed E-state index contributed by atoms with van der Waals surface area (Å²) in [6, 6.07) is 37.0. The highest BCUT2D eigenvalue weighted by atomic mass is 32.2. The molecule has 0 unspecified atom stereocenters. The van der Waals surface area contributed by atoms with Crippen LogP contribution < -0.4 is 0 Å². The molecule has 174 valence electrons. The van der Waals surface area contributed by atoms with E-state index < -0.39 is 0 Å². The van der Waals surface area contributed by atoms with Gasteiger partial charge in [0.1, 0.15) is 0 Å². The second-order valence-corrected chi connectivity index (χ2v) is 10.5. The summed E-state index contributed by atoms with van der Waals surface area (Å²) in [4.78, 5) is 9.35. The molecule has 6 aromatic rings. The number of hydrogen-bond donors (Lipinski definition) is 1.